The number of imidazole rings is 1. The van der Waals surface area contributed by atoms with Gasteiger partial charge in [-0.2, -0.15) is 4.31 Å². The molecule has 0 aliphatic carbocycles. The van der Waals surface area contributed by atoms with Crippen LogP contribution in [0.1, 0.15) is 31.7 Å². The van der Waals surface area contributed by atoms with Crippen LogP contribution < -0.4 is 5.32 Å². The number of nitrogens with zero attached hydrogens (tertiary/aromatic N) is 4. The summed E-state index contributed by atoms with van der Waals surface area (Å²) in [6.07, 6.45) is 2.33. The van der Waals surface area contributed by atoms with Gasteiger partial charge < -0.3 is 9.88 Å². The van der Waals surface area contributed by atoms with Gasteiger partial charge in [-0.25, -0.2) is 18.4 Å². The number of aromatic nitrogens is 3. The van der Waals surface area contributed by atoms with Crippen LogP contribution in [0.15, 0.2) is 41.4 Å². The molecule has 0 aliphatic heterocycles. The number of pyridine rings is 1. The predicted molar refractivity (Wildman–Crippen MR) is 120 cm³/mol. The van der Waals surface area contributed by atoms with E-state index in [-0.39, 0.29) is 17.2 Å². The topological polar surface area (TPSA) is 97.2 Å². The summed E-state index contributed by atoms with van der Waals surface area (Å²) in [5.74, 6) is 0.613. The highest BCUT2D eigenvalue weighted by molar-refractivity contribution is 7.89. The highest BCUT2D eigenvalue weighted by Gasteiger charge is 2.22. The van der Waals surface area contributed by atoms with Crippen molar-refractivity contribution in [3.05, 3.63) is 53.1 Å². The Hall–Kier alpha value is -2.49. The summed E-state index contributed by atoms with van der Waals surface area (Å²) in [6, 6.07) is 8.45. The number of carbonyl (C=O) groups is 1. The molecular formula is C21H26ClN5O3S. The minimum Gasteiger partial charge on any atom is -0.352 e. The van der Waals surface area contributed by atoms with Gasteiger partial charge in [0, 0.05) is 45.7 Å². The van der Waals surface area contributed by atoms with Gasteiger partial charge in [0.2, 0.25) is 15.9 Å². The lowest BCUT2D eigenvalue weighted by Gasteiger charge is -2.18. The number of aryl methyl sites for hydroxylation is 2. The number of carbonyl (C=O) groups excluding carboxylic acids is 1. The molecule has 31 heavy (non-hydrogen) atoms. The Kier molecular flexibility index (Phi) is 7.30. The quantitative estimate of drug-likeness (QED) is 0.492. The zero-order valence-corrected chi connectivity index (χ0v) is 19.4. The Labute approximate surface area is 187 Å². The molecule has 0 aliphatic rings. The smallest absolute Gasteiger partial charge is 0.243 e. The molecule has 3 rings (SSSR count). The summed E-state index contributed by atoms with van der Waals surface area (Å²) in [4.78, 5) is 21.0. The number of benzene rings is 1. The number of sulfonamides is 1. The number of rotatable bonds is 9. The average molecular weight is 464 g/mol. The lowest BCUT2D eigenvalue weighted by molar-refractivity contribution is -0.121. The zero-order valence-electron chi connectivity index (χ0n) is 17.8. The van der Waals surface area contributed by atoms with Gasteiger partial charge in [0.05, 0.1) is 15.9 Å². The van der Waals surface area contributed by atoms with Crippen LogP contribution in [0.5, 0.6) is 0 Å². The first-order chi connectivity index (χ1) is 14.8. The third-order valence-corrected chi connectivity index (χ3v) is 7.41. The van der Waals surface area contributed by atoms with E-state index in [9.17, 15) is 13.2 Å². The molecule has 0 bridgehead atoms. The molecule has 1 amide bonds. The Morgan fingerprint density at radius 1 is 1.19 bits per heavy atom. The van der Waals surface area contributed by atoms with E-state index in [0.717, 1.165) is 16.9 Å². The monoisotopic (exact) mass is 463 g/mol. The maximum absolute atomic E-state index is 12.8. The van der Waals surface area contributed by atoms with Gasteiger partial charge in [0.15, 0.2) is 0 Å². The Morgan fingerprint density at radius 2 is 1.94 bits per heavy atom. The molecule has 0 fully saturated rings. The lowest BCUT2D eigenvalue weighted by Crippen LogP contribution is -2.30. The molecule has 8 nitrogen and oxygen atoms in total. The van der Waals surface area contributed by atoms with Crippen molar-refractivity contribution in [2.45, 2.75) is 38.1 Å². The van der Waals surface area contributed by atoms with Crippen molar-refractivity contribution < 1.29 is 13.2 Å². The highest BCUT2D eigenvalue weighted by Crippen LogP contribution is 2.22. The molecule has 0 radical (unpaired) electrons. The zero-order chi connectivity index (χ0) is 22.6. The molecule has 1 aromatic carbocycles. The van der Waals surface area contributed by atoms with E-state index in [2.05, 4.69) is 15.3 Å². The van der Waals surface area contributed by atoms with Crippen molar-refractivity contribution in [3.8, 4) is 0 Å². The summed E-state index contributed by atoms with van der Waals surface area (Å²) >= 11 is 5.76. The molecule has 2 heterocycles. The van der Waals surface area contributed by atoms with E-state index in [0.29, 0.717) is 36.7 Å². The van der Waals surface area contributed by atoms with Gasteiger partial charge in [-0.1, -0.05) is 31.5 Å². The van der Waals surface area contributed by atoms with Gasteiger partial charge in [0.1, 0.15) is 11.0 Å². The first-order valence-electron chi connectivity index (χ1n) is 10.1. The number of hydrogen-bond donors (Lipinski definition) is 1. The normalized spacial score (nSPS) is 11.9. The summed E-state index contributed by atoms with van der Waals surface area (Å²) in [6.45, 7) is 4.81. The van der Waals surface area contributed by atoms with Crippen molar-refractivity contribution in [3.63, 3.8) is 0 Å². The van der Waals surface area contributed by atoms with Gasteiger partial charge in [-0.3, -0.25) is 4.79 Å². The first kappa shape index (κ1) is 23.2. The fourth-order valence-corrected chi connectivity index (χ4v) is 4.94. The van der Waals surface area contributed by atoms with Crippen LogP contribution in [0.2, 0.25) is 5.15 Å². The number of nitrogens with one attached hydrogen (secondary N) is 1. The van der Waals surface area contributed by atoms with Crippen molar-refractivity contribution in [1.82, 2.24) is 24.2 Å². The number of amides is 1. The molecule has 0 unspecified atom stereocenters. The third kappa shape index (κ3) is 5.23. The maximum atomic E-state index is 12.8. The summed E-state index contributed by atoms with van der Waals surface area (Å²) in [7, 11) is -1.69. The van der Waals surface area contributed by atoms with E-state index in [4.69, 9.17) is 11.6 Å². The number of fused-ring (bicyclic) bond motifs is 1. The molecule has 0 spiro atoms. The van der Waals surface area contributed by atoms with E-state index in [1.54, 1.807) is 30.5 Å². The molecule has 0 saturated heterocycles. The molecule has 0 atom stereocenters. The largest absolute Gasteiger partial charge is 0.352 e. The van der Waals surface area contributed by atoms with Crippen molar-refractivity contribution in [1.29, 1.82) is 0 Å². The van der Waals surface area contributed by atoms with Gasteiger partial charge in [-0.05, 0) is 29.8 Å². The molecule has 3 aromatic rings. The summed E-state index contributed by atoms with van der Waals surface area (Å²) in [5, 5.41) is 3.26. The SMILES string of the molecule is CCN(CC)S(=O)(=O)c1ccc2c(c1)nc(CCC(=O)NCc1ccc(Cl)nc1)n2C. The van der Waals surface area contributed by atoms with Crippen molar-refractivity contribution in [2.24, 2.45) is 7.05 Å². The van der Waals surface area contributed by atoms with Crippen LogP contribution in [-0.4, -0.2) is 46.3 Å². The fraction of sp³-hybridized carbons (Fsp3) is 0.381. The molecule has 0 saturated carbocycles. The Balaban J connectivity index is 1.69. The second-order valence-electron chi connectivity index (χ2n) is 7.09. The number of halogens is 1. The Morgan fingerprint density at radius 3 is 2.58 bits per heavy atom. The van der Waals surface area contributed by atoms with Crippen LogP contribution in [-0.2, 0) is 34.8 Å². The Bertz CT molecular complexity index is 1170. The van der Waals surface area contributed by atoms with E-state index >= 15 is 0 Å². The minimum atomic E-state index is -3.55. The third-order valence-electron chi connectivity index (χ3n) is 5.14. The second kappa shape index (κ2) is 9.76. The van der Waals surface area contributed by atoms with E-state index in [1.807, 2.05) is 31.5 Å². The van der Waals surface area contributed by atoms with Crippen LogP contribution >= 0.6 is 11.6 Å². The van der Waals surface area contributed by atoms with E-state index in [1.165, 1.54) is 4.31 Å². The van der Waals surface area contributed by atoms with E-state index < -0.39 is 10.0 Å². The molecular weight excluding hydrogens is 438 g/mol. The average Bonchev–Trinajstić information content (AvgIpc) is 3.07. The standard InChI is InChI=1S/C21H26ClN5O3S/c1-4-27(5-2)31(29,30)16-7-8-18-17(12-16)25-20(26(18)3)10-11-21(28)24-14-15-6-9-19(22)23-13-15/h6-9,12-13H,4-5,10-11,14H2,1-3H3,(H,24,28). The van der Waals surface area contributed by atoms with Gasteiger partial charge in [-0.15, -0.1) is 0 Å². The van der Waals surface area contributed by atoms with Gasteiger partial charge >= 0.3 is 0 Å². The van der Waals surface area contributed by atoms with Crippen LogP contribution in [0.3, 0.4) is 0 Å². The second-order valence-corrected chi connectivity index (χ2v) is 9.42. The van der Waals surface area contributed by atoms with Crippen LogP contribution in [0.4, 0.5) is 0 Å². The molecule has 1 N–H and O–H groups in total. The highest BCUT2D eigenvalue weighted by atomic mass is 35.5. The van der Waals surface area contributed by atoms with Crippen LogP contribution in [0, 0.1) is 0 Å². The summed E-state index contributed by atoms with van der Waals surface area (Å²) < 4.78 is 28.9. The molecule has 166 valence electrons. The first-order valence-corrected chi connectivity index (χ1v) is 11.9. The van der Waals surface area contributed by atoms with Gasteiger partial charge in [0.25, 0.3) is 0 Å². The fourth-order valence-electron chi connectivity index (χ4n) is 3.35. The maximum Gasteiger partial charge on any atom is 0.243 e. The lowest BCUT2D eigenvalue weighted by atomic mass is 10.2. The molecule has 2 aromatic heterocycles. The van der Waals surface area contributed by atoms with Crippen molar-refractivity contribution in [2.75, 3.05) is 13.1 Å². The minimum absolute atomic E-state index is 0.105. The van der Waals surface area contributed by atoms with Crippen LogP contribution in [0.25, 0.3) is 11.0 Å². The van der Waals surface area contributed by atoms with Crippen molar-refractivity contribution >= 4 is 38.6 Å². The number of hydrogen-bond acceptors (Lipinski definition) is 5. The summed E-state index contributed by atoms with van der Waals surface area (Å²) in [5.41, 5.74) is 2.28. The molecule has 10 heteroatoms. The predicted octanol–water partition coefficient (Wildman–Crippen LogP) is 2.90.